The van der Waals surface area contributed by atoms with Crippen molar-refractivity contribution < 1.29 is 18.0 Å². The molecule has 166 valence electrons. The van der Waals surface area contributed by atoms with E-state index in [1.54, 1.807) is 6.07 Å². The van der Waals surface area contributed by atoms with Gasteiger partial charge in [-0.05, 0) is 69.5 Å². The molecule has 0 radical (unpaired) electrons. The van der Waals surface area contributed by atoms with Crippen LogP contribution in [-0.4, -0.2) is 42.9 Å². The number of alkyl halides is 3. The summed E-state index contributed by atoms with van der Waals surface area (Å²) in [6.45, 7) is 5.63. The summed E-state index contributed by atoms with van der Waals surface area (Å²) in [4.78, 5) is 17.4. The summed E-state index contributed by atoms with van der Waals surface area (Å²) in [7, 11) is 0. The van der Waals surface area contributed by atoms with E-state index in [-0.39, 0.29) is 17.8 Å². The molecule has 6 heteroatoms. The van der Waals surface area contributed by atoms with Crippen LogP contribution in [0.25, 0.3) is 0 Å². The number of likely N-dealkylation sites (tertiary alicyclic amines) is 1. The standard InChI is InChI=1S/C25H29F3N2O/c1-18-5-4-6-19(13-18)14-24(31)20-15-21(25(26,27)28)17-23(16-20)30-11-7-22(8-12-30)29-9-2-3-10-29/h4-6,13,15-17,22H,2-3,7-12,14H2,1H3. The summed E-state index contributed by atoms with van der Waals surface area (Å²) < 4.78 is 40.8. The van der Waals surface area contributed by atoms with Crippen LogP contribution in [0.3, 0.4) is 0 Å². The zero-order valence-corrected chi connectivity index (χ0v) is 17.9. The van der Waals surface area contributed by atoms with Crippen molar-refractivity contribution >= 4 is 11.5 Å². The minimum absolute atomic E-state index is 0.0967. The summed E-state index contributed by atoms with van der Waals surface area (Å²) in [5, 5.41) is 0. The number of rotatable bonds is 5. The van der Waals surface area contributed by atoms with Gasteiger partial charge in [0.25, 0.3) is 0 Å². The lowest BCUT2D eigenvalue weighted by atomic mass is 9.97. The number of benzene rings is 2. The highest BCUT2D eigenvalue weighted by atomic mass is 19.4. The molecule has 2 heterocycles. The fraction of sp³-hybridized carbons (Fsp3) is 0.480. The highest BCUT2D eigenvalue weighted by Crippen LogP contribution is 2.34. The van der Waals surface area contributed by atoms with E-state index in [1.807, 2.05) is 36.1 Å². The minimum Gasteiger partial charge on any atom is -0.371 e. The van der Waals surface area contributed by atoms with Gasteiger partial charge in [-0.1, -0.05) is 29.8 Å². The van der Waals surface area contributed by atoms with Crippen LogP contribution in [0.2, 0.25) is 0 Å². The Balaban J connectivity index is 1.54. The number of Topliss-reactive ketones (excluding diaryl/α,β-unsaturated/α-hetero) is 1. The van der Waals surface area contributed by atoms with Crippen LogP contribution in [0, 0.1) is 6.92 Å². The summed E-state index contributed by atoms with van der Waals surface area (Å²) >= 11 is 0. The van der Waals surface area contributed by atoms with Crippen LogP contribution in [0.1, 0.15) is 52.7 Å². The Bertz CT molecular complexity index is 927. The van der Waals surface area contributed by atoms with Gasteiger partial charge in [-0.15, -0.1) is 0 Å². The van der Waals surface area contributed by atoms with E-state index < -0.39 is 11.7 Å². The molecule has 0 N–H and O–H groups in total. The van der Waals surface area contributed by atoms with E-state index in [4.69, 9.17) is 0 Å². The van der Waals surface area contributed by atoms with Crippen LogP contribution < -0.4 is 4.90 Å². The molecule has 0 aliphatic carbocycles. The molecule has 2 fully saturated rings. The van der Waals surface area contributed by atoms with Gasteiger partial charge in [0, 0.05) is 36.8 Å². The lowest BCUT2D eigenvalue weighted by molar-refractivity contribution is -0.137. The van der Waals surface area contributed by atoms with Crippen molar-refractivity contribution in [1.29, 1.82) is 0 Å². The summed E-state index contributed by atoms with van der Waals surface area (Å²) in [5.74, 6) is -0.287. The van der Waals surface area contributed by atoms with Gasteiger partial charge in [-0.2, -0.15) is 13.2 Å². The fourth-order valence-electron chi connectivity index (χ4n) is 4.82. The highest BCUT2D eigenvalue weighted by molar-refractivity contribution is 5.98. The Kier molecular flexibility index (Phi) is 6.37. The number of aryl methyl sites for hydroxylation is 1. The van der Waals surface area contributed by atoms with E-state index in [9.17, 15) is 18.0 Å². The monoisotopic (exact) mass is 430 g/mol. The first kappa shape index (κ1) is 21.9. The van der Waals surface area contributed by atoms with Gasteiger partial charge in [0.2, 0.25) is 0 Å². The lowest BCUT2D eigenvalue weighted by Gasteiger charge is -2.38. The van der Waals surface area contributed by atoms with Crippen LogP contribution in [0.15, 0.2) is 42.5 Å². The van der Waals surface area contributed by atoms with Crippen molar-refractivity contribution in [2.24, 2.45) is 0 Å². The molecule has 0 bridgehead atoms. The number of anilines is 1. The molecule has 2 aliphatic rings. The third kappa shape index (κ3) is 5.29. The number of nitrogens with zero attached hydrogens (tertiary/aromatic N) is 2. The van der Waals surface area contributed by atoms with Gasteiger partial charge in [0.05, 0.1) is 5.56 Å². The average Bonchev–Trinajstić information content (AvgIpc) is 3.28. The fourth-order valence-corrected chi connectivity index (χ4v) is 4.82. The first-order valence-electron chi connectivity index (χ1n) is 11.1. The second-order valence-electron chi connectivity index (χ2n) is 8.82. The average molecular weight is 431 g/mol. The van der Waals surface area contributed by atoms with Crippen molar-refractivity contribution in [1.82, 2.24) is 4.90 Å². The van der Waals surface area contributed by atoms with E-state index >= 15 is 0 Å². The second kappa shape index (κ2) is 9.03. The first-order chi connectivity index (χ1) is 14.8. The molecule has 2 saturated heterocycles. The lowest BCUT2D eigenvalue weighted by Crippen LogP contribution is -2.44. The maximum atomic E-state index is 13.6. The Hall–Kier alpha value is -2.34. The Morgan fingerprint density at radius 1 is 1.00 bits per heavy atom. The quantitative estimate of drug-likeness (QED) is 0.585. The van der Waals surface area contributed by atoms with E-state index in [0.717, 1.165) is 43.1 Å². The Labute approximate surface area is 181 Å². The number of ketones is 1. The SMILES string of the molecule is Cc1cccc(CC(=O)c2cc(N3CCC(N4CCCC4)CC3)cc(C(F)(F)F)c2)c1. The third-order valence-electron chi connectivity index (χ3n) is 6.50. The molecular weight excluding hydrogens is 401 g/mol. The normalized spacial score (nSPS) is 18.5. The summed E-state index contributed by atoms with van der Waals surface area (Å²) in [6, 6.07) is 11.9. The van der Waals surface area contributed by atoms with E-state index in [2.05, 4.69) is 4.90 Å². The predicted molar refractivity (Wildman–Crippen MR) is 117 cm³/mol. The number of halogens is 3. The summed E-state index contributed by atoms with van der Waals surface area (Å²) in [5.41, 5.74) is 1.72. The molecule has 31 heavy (non-hydrogen) atoms. The molecule has 2 aromatic carbocycles. The van der Waals surface area contributed by atoms with Crippen molar-refractivity contribution in [2.75, 3.05) is 31.1 Å². The van der Waals surface area contributed by atoms with Crippen molar-refractivity contribution in [3.63, 3.8) is 0 Å². The number of carbonyl (C=O) groups is 1. The topological polar surface area (TPSA) is 23.6 Å². The molecule has 0 saturated carbocycles. The van der Waals surface area contributed by atoms with Gasteiger partial charge in [-0.25, -0.2) is 0 Å². The molecule has 0 unspecified atom stereocenters. The molecular formula is C25H29F3N2O. The molecule has 0 amide bonds. The van der Waals surface area contributed by atoms with Crippen LogP contribution in [0.5, 0.6) is 0 Å². The maximum absolute atomic E-state index is 13.6. The third-order valence-corrected chi connectivity index (χ3v) is 6.50. The second-order valence-corrected chi connectivity index (χ2v) is 8.82. The molecule has 0 atom stereocenters. The van der Waals surface area contributed by atoms with Crippen molar-refractivity contribution in [3.05, 3.63) is 64.7 Å². The van der Waals surface area contributed by atoms with Crippen LogP contribution in [-0.2, 0) is 12.6 Å². The van der Waals surface area contributed by atoms with Gasteiger partial charge < -0.3 is 9.80 Å². The van der Waals surface area contributed by atoms with Gasteiger partial charge >= 0.3 is 6.18 Å². The van der Waals surface area contributed by atoms with Gasteiger partial charge in [0.1, 0.15) is 0 Å². The number of carbonyl (C=O) groups excluding carboxylic acids is 1. The summed E-state index contributed by atoms with van der Waals surface area (Å²) in [6.07, 6.45) is -0.0200. The zero-order valence-electron chi connectivity index (χ0n) is 17.9. The van der Waals surface area contributed by atoms with E-state index in [0.29, 0.717) is 24.8 Å². The molecule has 4 rings (SSSR count). The maximum Gasteiger partial charge on any atom is 0.416 e. The molecule has 2 aromatic rings. The van der Waals surface area contributed by atoms with Gasteiger partial charge in [0.15, 0.2) is 5.78 Å². The number of hydrogen-bond donors (Lipinski definition) is 0. The molecule has 2 aliphatic heterocycles. The smallest absolute Gasteiger partial charge is 0.371 e. The Morgan fingerprint density at radius 2 is 1.71 bits per heavy atom. The molecule has 0 aromatic heterocycles. The van der Waals surface area contributed by atoms with Crippen LogP contribution >= 0.6 is 0 Å². The minimum atomic E-state index is -4.48. The number of hydrogen-bond acceptors (Lipinski definition) is 3. The van der Waals surface area contributed by atoms with Crippen LogP contribution in [0.4, 0.5) is 18.9 Å². The van der Waals surface area contributed by atoms with E-state index in [1.165, 1.54) is 18.9 Å². The van der Waals surface area contributed by atoms with Crippen molar-refractivity contribution in [2.45, 2.75) is 51.2 Å². The predicted octanol–water partition coefficient (Wildman–Crippen LogP) is 5.50. The zero-order chi connectivity index (χ0) is 22.0. The molecule has 0 spiro atoms. The number of piperidine rings is 1. The largest absolute Gasteiger partial charge is 0.416 e. The highest BCUT2D eigenvalue weighted by Gasteiger charge is 2.33. The van der Waals surface area contributed by atoms with Crippen molar-refractivity contribution in [3.8, 4) is 0 Å². The first-order valence-corrected chi connectivity index (χ1v) is 11.1. The van der Waals surface area contributed by atoms with Gasteiger partial charge in [-0.3, -0.25) is 4.79 Å². The Morgan fingerprint density at radius 3 is 2.35 bits per heavy atom. The molecule has 3 nitrogen and oxygen atoms in total.